The fraction of sp³-hybridized carbons (Fsp3) is 0.611. The molecule has 128 valence electrons. The second-order valence-electron chi connectivity index (χ2n) is 7.33. The van der Waals surface area contributed by atoms with E-state index < -0.39 is 0 Å². The van der Waals surface area contributed by atoms with E-state index in [1.807, 2.05) is 28.8 Å². The molecular weight excluding hydrogens is 326 g/mol. The van der Waals surface area contributed by atoms with E-state index in [4.69, 9.17) is 14.2 Å². The van der Waals surface area contributed by atoms with Crippen molar-refractivity contribution < 1.29 is 19.0 Å². The molecule has 1 amide bonds. The summed E-state index contributed by atoms with van der Waals surface area (Å²) in [6, 6.07) is 5.43. The van der Waals surface area contributed by atoms with Gasteiger partial charge < -0.3 is 19.1 Å². The maximum absolute atomic E-state index is 12.7. The summed E-state index contributed by atoms with van der Waals surface area (Å²) in [7, 11) is 0. The number of hydrogen-bond acceptors (Lipinski definition) is 5. The highest BCUT2D eigenvalue weighted by atomic mass is 32.2. The highest BCUT2D eigenvalue weighted by molar-refractivity contribution is 8.01. The van der Waals surface area contributed by atoms with E-state index in [1.165, 1.54) is 12.8 Å². The third kappa shape index (κ3) is 2.65. The van der Waals surface area contributed by atoms with Crippen molar-refractivity contribution in [2.45, 2.75) is 30.1 Å². The van der Waals surface area contributed by atoms with Gasteiger partial charge in [0, 0.05) is 31.0 Å². The van der Waals surface area contributed by atoms with Crippen molar-refractivity contribution in [1.82, 2.24) is 4.90 Å². The van der Waals surface area contributed by atoms with E-state index in [2.05, 4.69) is 0 Å². The molecule has 1 atom stereocenters. The number of nitrogens with zero attached hydrogens (tertiary/aromatic N) is 1. The average molecular weight is 347 g/mol. The van der Waals surface area contributed by atoms with Crippen LogP contribution in [0, 0.1) is 5.92 Å². The van der Waals surface area contributed by atoms with Crippen molar-refractivity contribution in [3.05, 3.63) is 23.8 Å². The van der Waals surface area contributed by atoms with Crippen LogP contribution in [-0.2, 0) is 4.74 Å². The largest absolute Gasteiger partial charge is 0.454 e. The second-order valence-corrected chi connectivity index (χ2v) is 8.81. The summed E-state index contributed by atoms with van der Waals surface area (Å²) in [5.41, 5.74) is 0.679. The van der Waals surface area contributed by atoms with Gasteiger partial charge in [-0.2, -0.15) is 0 Å². The third-order valence-corrected chi connectivity index (χ3v) is 6.88. The summed E-state index contributed by atoms with van der Waals surface area (Å²) in [5, 5.41) is 0. The zero-order chi connectivity index (χ0) is 16.1. The Hall–Kier alpha value is -1.40. The van der Waals surface area contributed by atoms with E-state index in [1.54, 1.807) is 6.07 Å². The third-order valence-electron chi connectivity index (χ3n) is 5.30. The van der Waals surface area contributed by atoms with Crippen molar-refractivity contribution in [1.29, 1.82) is 0 Å². The molecule has 4 aliphatic rings. The van der Waals surface area contributed by atoms with Gasteiger partial charge in [0.15, 0.2) is 11.5 Å². The molecule has 0 aromatic heterocycles. The number of carbonyl (C=O) groups excluding carboxylic acids is 1. The number of ether oxygens (including phenoxy) is 3. The van der Waals surface area contributed by atoms with Crippen LogP contribution in [0.1, 0.15) is 29.6 Å². The monoisotopic (exact) mass is 347 g/mol. The molecule has 1 aromatic rings. The Morgan fingerprint density at radius 1 is 1.29 bits per heavy atom. The lowest BCUT2D eigenvalue weighted by Gasteiger charge is -2.47. The smallest absolute Gasteiger partial charge is 0.254 e. The summed E-state index contributed by atoms with van der Waals surface area (Å²) in [5.74, 6) is 3.35. The van der Waals surface area contributed by atoms with Gasteiger partial charge in [0.2, 0.25) is 6.79 Å². The lowest BCUT2D eigenvalue weighted by molar-refractivity contribution is 0.0287. The lowest BCUT2D eigenvalue weighted by atomic mass is 9.92. The maximum Gasteiger partial charge on any atom is 0.254 e. The maximum atomic E-state index is 12.7. The van der Waals surface area contributed by atoms with Crippen LogP contribution in [0.3, 0.4) is 0 Å². The minimum Gasteiger partial charge on any atom is -0.454 e. The van der Waals surface area contributed by atoms with E-state index >= 15 is 0 Å². The molecule has 0 radical (unpaired) electrons. The molecule has 1 aromatic carbocycles. The Balaban J connectivity index is 1.18. The van der Waals surface area contributed by atoms with Gasteiger partial charge >= 0.3 is 0 Å². The number of thioether (sulfide) groups is 1. The fourth-order valence-corrected chi connectivity index (χ4v) is 5.24. The lowest BCUT2D eigenvalue weighted by Crippen LogP contribution is -2.60. The first kappa shape index (κ1) is 14.9. The number of carbonyl (C=O) groups is 1. The van der Waals surface area contributed by atoms with Gasteiger partial charge in [-0.15, -0.1) is 11.8 Å². The van der Waals surface area contributed by atoms with E-state index in [9.17, 15) is 4.79 Å². The average Bonchev–Trinajstić information content (AvgIpc) is 3.10. The van der Waals surface area contributed by atoms with Crippen molar-refractivity contribution in [3.63, 3.8) is 0 Å². The number of rotatable bonds is 4. The van der Waals surface area contributed by atoms with Gasteiger partial charge in [0.25, 0.3) is 5.91 Å². The predicted octanol–water partition coefficient (Wildman–Crippen LogP) is 2.54. The zero-order valence-corrected chi connectivity index (χ0v) is 14.3. The fourth-order valence-electron chi connectivity index (χ4n) is 3.69. The highest BCUT2D eigenvalue weighted by Gasteiger charge is 2.51. The Kier molecular flexibility index (Phi) is 3.45. The number of benzene rings is 1. The molecule has 1 aliphatic carbocycles. The standard InChI is InChI=1S/C18H21NO4S/c20-17(13-3-4-15-16(5-13)23-11-22-15)19-9-18(10-19)6-14(8-24-18)21-7-12-1-2-12/h3-5,12,14H,1-2,6-11H2. The highest BCUT2D eigenvalue weighted by Crippen LogP contribution is 2.47. The Morgan fingerprint density at radius 3 is 2.96 bits per heavy atom. The predicted molar refractivity (Wildman–Crippen MR) is 90.7 cm³/mol. The van der Waals surface area contributed by atoms with Crippen LogP contribution in [-0.4, -0.2) is 53.9 Å². The van der Waals surface area contributed by atoms with Crippen LogP contribution in [0.2, 0.25) is 0 Å². The Morgan fingerprint density at radius 2 is 2.12 bits per heavy atom. The minimum atomic E-state index is 0.0851. The molecule has 1 spiro atoms. The summed E-state index contributed by atoms with van der Waals surface area (Å²) in [4.78, 5) is 14.6. The number of fused-ring (bicyclic) bond motifs is 1. The van der Waals surface area contributed by atoms with Gasteiger partial charge in [-0.05, 0) is 43.4 Å². The molecule has 1 unspecified atom stereocenters. The molecule has 6 heteroatoms. The van der Waals surface area contributed by atoms with Crippen molar-refractivity contribution >= 4 is 17.7 Å². The molecule has 1 saturated carbocycles. The first-order chi connectivity index (χ1) is 11.7. The SMILES string of the molecule is O=C(c1ccc2c(c1)OCO2)N1CC2(CC(OCC3CC3)CS2)C1. The molecule has 0 N–H and O–H groups in total. The van der Waals surface area contributed by atoms with E-state index in [-0.39, 0.29) is 17.4 Å². The first-order valence-corrected chi connectivity index (χ1v) is 9.64. The molecule has 3 heterocycles. The normalized spacial score (nSPS) is 26.7. The number of likely N-dealkylation sites (tertiary alicyclic amines) is 1. The van der Waals surface area contributed by atoms with Crippen LogP contribution in [0.25, 0.3) is 0 Å². The van der Waals surface area contributed by atoms with Crippen molar-refractivity contribution in [3.8, 4) is 11.5 Å². The van der Waals surface area contributed by atoms with Gasteiger partial charge in [0.1, 0.15) is 0 Å². The van der Waals surface area contributed by atoms with Crippen LogP contribution in [0.15, 0.2) is 18.2 Å². The zero-order valence-electron chi connectivity index (χ0n) is 13.5. The van der Waals surface area contributed by atoms with Crippen molar-refractivity contribution in [2.75, 3.05) is 32.2 Å². The summed E-state index contributed by atoms with van der Waals surface area (Å²) in [6.45, 7) is 2.82. The molecule has 3 fully saturated rings. The molecule has 24 heavy (non-hydrogen) atoms. The van der Waals surface area contributed by atoms with Crippen LogP contribution >= 0.6 is 11.8 Å². The number of hydrogen-bond donors (Lipinski definition) is 0. The van der Waals surface area contributed by atoms with E-state index in [0.717, 1.165) is 37.8 Å². The van der Waals surface area contributed by atoms with Crippen LogP contribution in [0.5, 0.6) is 11.5 Å². The van der Waals surface area contributed by atoms with Crippen molar-refractivity contribution in [2.24, 2.45) is 5.92 Å². The summed E-state index contributed by atoms with van der Waals surface area (Å²) >= 11 is 1.98. The Bertz CT molecular complexity index is 669. The quantitative estimate of drug-likeness (QED) is 0.838. The van der Waals surface area contributed by atoms with Crippen LogP contribution in [0.4, 0.5) is 0 Å². The molecule has 0 bridgehead atoms. The van der Waals surface area contributed by atoms with E-state index in [0.29, 0.717) is 23.2 Å². The van der Waals surface area contributed by atoms with Gasteiger partial charge in [-0.25, -0.2) is 0 Å². The topological polar surface area (TPSA) is 48.0 Å². The Labute approximate surface area is 145 Å². The molecule has 5 rings (SSSR count). The summed E-state index contributed by atoms with van der Waals surface area (Å²) in [6.07, 6.45) is 4.12. The molecule has 2 saturated heterocycles. The van der Waals surface area contributed by atoms with Gasteiger partial charge in [0.05, 0.1) is 10.9 Å². The number of amides is 1. The molecular formula is C18H21NO4S. The van der Waals surface area contributed by atoms with Crippen LogP contribution < -0.4 is 9.47 Å². The summed E-state index contributed by atoms with van der Waals surface area (Å²) < 4.78 is 16.9. The second kappa shape index (κ2) is 5.56. The molecule has 5 nitrogen and oxygen atoms in total. The minimum absolute atomic E-state index is 0.0851. The molecule has 3 aliphatic heterocycles. The first-order valence-electron chi connectivity index (χ1n) is 8.65. The van der Waals surface area contributed by atoms with Gasteiger partial charge in [-0.1, -0.05) is 0 Å². The van der Waals surface area contributed by atoms with Gasteiger partial charge in [-0.3, -0.25) is 4.79 Å².